The van der Waals surface area contributed by atoms with Crippen molar-refractivity contribution < 1.29 is 18.7 Å². The third-order valence-corrected chi connectivity index (χ3v) is 5.71. The number of nitrogens with one attached hydrogen (secondary N) is 4. The van der Waals surface area contributed by atoms with Gasteiger partial charge >= 0.3 is 12.1 Å². The standard InChI is InChI=1S/C26H24ClFN6O3/c1-37-26(36)31-18-11-9-17(10-12-18)22-23(27)34-24(33-22)20(14-16-6-3-2-4-7-16)32-25(35)30-15-21-19(28)8-5-13-29-21/h2-13,20H,14-15H2,1H3,(H,31,36)(H,33,34)(H2,30,32,35)/t20-/m0/s1. The van der Waals surface area contributed by atoms with Crippen LogP contribution in [0.1, 0.15) is 23.1 Å². The van der Waals surface area contributed by atoms with Crippen molar-refractivity contribution in [3.05, 3.63) is 101 Å². The van der Waals surface area contributed by atoms with Crippen LogP contribution in [-0.2, 0) is 17.7 Å². The number of H-pyrrole nitrogens is 1. The number of urea groups is 1. The second-order valence-electron chi connectivity index (χ2n) is 7.98. The fourth-order valence-electron chi connectivity index (χ4n) is 3.59. The number of methoxy groups -OCH3 is 1. The third-order valence-electron chi connectivity index (χ3n) is 5.44. The predicted octanol–water partition coefficient (Wildman–Crippen LogP) is 5.23. The largest absolute Gasteiger partial charge is 0.453 e. The van der Waals surface area contributed by atoms with Gasteiger partial charge in [-0.2, -0.15) is 0 Å². The lowest BCUT2D eigenvalue weighted by Crippen LogP contribution is -2.39. The van der Waals surface area contributed by atoms with E-state index in [1.807, 2.05) is 30.3 Å². The van der Waals surface area contributed by atoms with Gasteiger partial charge in [0.1, 0.15) is 22.5 Å². The molecule has 4 N–H and O–H groups in total. The highest BCUT2D eigenvalue weighted by molar-refractivity contribution is 6.31. The summed E-state index contributed by atoms with van der Waals surface area (Å²) in [7, 11) is 1.28. The maximum Gasteiger partial charge on any atom is 0.411 e. The summed E-state index contributed by atoms with van der Waals surface area (Å²) in [5.74, 6) is -0.0568. The van der Waals surface area contributed by atoms with Crippen molar-refractivity contribution in [3.8, 4) is 11.3 Å². The number of ether oxygens (including phenoxy) is 1. The van der Waals surface area contributed by atoms with Crippen molar-refractivity contribution in [2.24, 2.45) is 0 Å². The monoisotopic (exact) mass is 522 g/mol. The van der Waals surface area contributed by atoms with Gasteiger partial charge < -0.3 is 20.4 Å². The molecule has 0 spiro atoms. The first-order chi connectivity index (χ1) is 17.9. The molecule has 0 bridgehead atoms. The summed E-state index contributed by atoms with van der Waals surface area (Å²) in [6.07, 6.45) is 1.31. The molecule has 2 aromatic carbocycles. The molecule has 11 heteroatoms. The molecule has 0 saturated heterocycles. The Kier molecular flexibility index (Phi) is 8.32. The molecule has 0 aliphatic carbocycles. The number of hydrogen-bond donors (Lipinski definition) is 4. The summed E-state index contributed by atoms with van der Waals surface area (Å²) in [5, 5.41) is 8.39. The molecule has 190 valence electrons. The average Bonchev–Trinajstić information content (AvgIpc) is 3.30. The summed E-state index contributed by atoms with van der Waals surface area (Å²) < 4.78 is 18.5. The van der Waals surface area contributed by atoms with E-state index >= 15 is 0 Å². The first-order valence-electron chi connectivity index (χ1n) is 11.3. The molecule has 3 amide bonds. The van der Waals surface area contributed by atoms with Crippen LogP contribution in [0.15, 0.2) is 72.9 Å². The number of rotatable bonds is 8. The first kappa shape index (κ1) is 25.6. The van der Waals surface area contributed by atoms with E-state index in [9.17, 15) is 14.0 Å². The van der Waals surface area contributed by atoms with Gasteiger partial charge in [-0.1, -0.05) is 54.1 Å². The minimum atomic E-state index is -0.577. The lowest BCUT2D eigenvalue weighted by atomic mass is 10.1. The van der Waals surface area contributed by atoms with Crippen molar-refractivity contribution in [3.63, 3.8) is 0 Å². The molecule has 0 fully saturated rings. The van der Waals surface area contributed by atoms with Gasteiger partial charge in [0.15, 0.2) is 0 Å². The highest BCUT2D eigenvalue weighted by atomic mass is 35.5. The maximum absolute atomic E-state index is 13.9. The van der Waals surface area contributed by atoms with E-state index in [2.05, 4.69) is 35.6 Å². The first-order valence-corrected chi connectivity index (χ1v) is 11.7. The fraction of sp³-hybridized carbons (Fsp3) is 0.154. The summed E-state index contributed by atoms with van der Waals surface area (Å²) >= 11 is 6.48. The van der Waals surface area contributed by atoms with E-state index < -0.39 is 24.0 Å². The van der Waals surface area contributed by atoms with E-state index in [1.54, 1.807) is 24.3 Å². The van der Waals surface area contributed by atoms with Crippen molar-refractivity contribution >= 4 is 29.4 Å². The molecule has 9 nitrogen and oxygen atoms in total. The van der Waals surface area contributed by atoms with Crippen LogP contribution in [-0.4, -0.2) is 34.2 Å². The average molecular weight is 523 g/mol. The second-order valence-corrected chi connectivity index (χ2v) is 8.36. The third kappa shape index (κ3) is 6.83. The van der Waals surface area contributed by atoms with Crippen LogP contribution in [0.2, 0.25) is 5.15 Å². The van der Waals surface area contributed by atoms with Crippen molar-refractivity contribution in [2.75, 3.05) is 12.4 Å². The second kappa shape index (κ2) is 12.0. The Morgan fingerprint density at radius 2 is 1.84 bits per heavy atom. The van der Waals surface area contributed by atoms with Crippen LogP contribution in [0.25, 0.3) is 11.3 Å². The Balaban J connectivity index is 1.53. The van der Waals surface area contributed by atoms with E-state index in [1.165, 1.54) is 25.4 Å². The van der Waals surface area contributed by atoms with Crippen LogP contribution < -0.4 is 16.0 Å². The number of nitrogens with zero attached hydrogens (tertiary/aromatic N) is 2. The number of pyridine rings is 1. The van der Waals surface area contributed by atoms with Crippen LogP contribution in [0.3, 0.4) is 0 Å². The molecule has 4 aromatic rings. The number of hydrogen-bond acceptors (Lipinski definition) is 5. The number of carbonyl (C=O) groups excluding carboxylic acids is 2. The number of benzene rings is 2. The molecule has 0 aliphatic heterocycles. The van der Waals surface area contributed by atoms with Crippen LogP contribution in [0.5, 0.6) is 0 Å². The number of carbonyl (C=O) groups is 2. The van der Waals surface area contributed by atoms with Gasteiger partial charge in [-0.15, -0.1) is 0 Å². The topological polar surface area (TPSA) is 121 Å². The number of amides is 3. The molecule has 1 atom stereocenters. The van der Waals surface area contributed by atoms with Gasteiger partial charge in [0.25, 0.3) is 0 Å². The summed E-state index contributed by atoms with van der Waals surface area (Å²) in [4.78, 5) is 35.8. The van der Waals surface area contributed by atoms with Crippen LogP contribution >= 0.6 is 11.6 Å². The Labute approximate surface area is 217 Å². The maximum atomic E-state index is 13.9. The summed E-state index contributed by atoms with van der Waals surface area (Å²) in [6.45, 7) is -0.0767. The number of anilines is 1. The Bertz CT molecular complexity index is 1360. The lowest BCUT2D eigenvalue weighted by Gasteiger charge is -2.17. The molecular formula is C26H24ClFN6O3. The van der Waals surface area contributed by atoms with Crippen molar-refractivity contribution in [1.29, 1.82) is 0 Å². The number of imidazole rings is 1. The van der Waals surface area contributed by atoms with E-state index in [4.69, 9.17) is 11.6 Å². The zero-order valence-corrected chi connectivity index (χ0v) is 20.6. The molecule has 0 radical (unpaired) electrons. The zero-order chi connectivity index (χ0) is 26.2. The Hall–Kier alpha value is -4.44. The molecule has 4 rings (SSSR count). The normalized spacial score (nSPS) is 11.4. The minimum absolute atomic E-state index is 0.0767. The van der Waals surface area contributed by atoms with Gasteiger partial charge in [0.2, 0.25) is 0 Å². The molecule has 2 aromatic heterocycles. The highest BCUT2D eigenvalue weighted by Crippen LogP contribution is 2.29. The van der Waals surface area contributed by atoms with Gasteiger partial charge in [0.05, 0.1) is 25.4 Å². The van der Waals surface area contributed by atoms with Gasteiger partial charge in [0, 0.05) is 17.4 Å². The van der Waals surface area contributed by atoms with E-state index in [-0.39, 0.29) is 12.2 Å². The van der Waals surface area contributed by atoms with Crippen LogP contribution in [0.4, 0.5) is 19.7 Å². The van der Waals surface area contributed by atoms with Gasteiger partial charge in [-0.3, -0.25) is 10.3 Å². The molecule has 2 heterocycles. The minimum Gasteiger partial charge on any atom is -0.453 e. The predicted molar refractivity (Wildman–Crippen MR) is 138 cm³/mol. The Morgan fingerprint density at radius 3 is 2.54 bits per heavy atom. The van der Waals surface area contributed by atoms with Gasteiger partial charge in [-0.25, -0.2) is 19.0 Å². The molecule has 0 unspecified atom stereocenters. The highest BCUT2D eigenvalue weighted by Gasteiger charge is 2.22. The van der Waals surface area contributed by atoms with Crippen molar-refractivity contribution in [2.45, 2.75) is 19.0 Å². The van der Waals surface area contributed by atoms with E-state index in [0.717, 1.165) is 5.56 Å². The van der Waals surface area contributed by atoms with Crippen LogP contribution in [0, 0.1) is 5.82 Å². The lowest BCUT2D eigenvalue weighted by molar-refractivity contribution is 0.187. The molecular weight excluding hydrogens is 499 g/mol. The van der Waals surface area contributed by atoms with E-state index in [0.29, 0.717) is 34.3 Å². The van der Waals surface area contributed by atoms with Gasteiger partial charge in [-0.05, 0) is 36.2 Å². The summed E-state index contributed by atoms with van der Waals surface area (Å²) in [6, 6.07) is 18.2. The molecule has 0 saturated carbocycles. The summed E-state index contributed by atoms with van der Waals surface area (Å²) in [5.41, 5.74) is 2.84. The van der Waals surface area contributed by atoms with Crippen molar-refractivity contribution in [1.82, 2.24) is 25.6 Å². The zero-order valence-electron chi connectivity index (χ0n) is 19.8. The molecule has 0 aliphatic rings. The Morgan fingerprint density at radius 1 is 1.08 bits per heavy atom. The smallest absolute Gasteiger partial charge is 0.411 e. The fourth-order valence-corrected chi connectivity index (χ4v) is 3.84. The number of halogens is 2. The SMILES string of the molecule is COC(=O)Nc1ccc(-c2nc([C@H](Cc3ccccc3)NC(=O)NCc3ncccc3F)[nH]c2Cl)cc1. The quantitative estimate of drug-likeness (QED) is 0.252. The number of aromatic amines is 1. The number of aromatic nitrogens is 3. The molecule has 37 heavy (non-hydrogen) atoms.